The van der Waals surface area contributed by atoms with Gasteiger partial charge in [-0.1, -0.05) is 87.9 Å². The van der Waals surface area contributed by atoms with Gasteiger partial charge in [0.1, 0.15) is 6.04 Å². The fourth-order valence-corrected chi connectivity index (χ4v) is 5.30. The summed E-state index contributed by atoms with van der Waals surface area (Å²) in [5.74, 6) is -1.72. The number of amides is 3. The summed E-state index contributed by atoms with van der Waals surface area (Å²) >= 11 is 0. The number of hydrogen-bond donors (Lipinski definition) is 2. The molecule has 0 saturated carbocycles. The second-order valence-corrected chi connectivity index (χ2v) is 10.7. The Morgan fingerprint density at radius 3 is 2.21 bits per heavy atom. The molecule has 3 amide bonds. The summed E-state index contributed by atoms with van der Waals surface area (Å²) in [6.45, 7) is 7.26. The van der Waals surface area contributed by atoms with Crippen LogP contribution in [0.5, 0.6) is 0 Å². The highest BCUT2D eigenvalue weighted by molar-refractivity contribution is 5.92. The van der Waals surface area contributed by atoms with Crippen molar-refractivity contribution in [1.82, 2.24) is 10.2 Å². The number of ether oxygens (including phenoxy) is 1. The van der Waals surface area contributed by atoms with E-state index in [2.05, 4.69) is 5.32 Å². The van der Waals surface area contributed by atoms with Gasteiger partial charge in [0.25, 0.3) is 0 Å². The normalized spacial score (nSPS) is 18.8. The van der Waals surface area contributed by atoms with E-state index in [4.69, 9.17) is 10.5 Å². The van der Waals surface area contributed by atoms with E-state index in [1.807, 2.05) is 81.4 Å². The van der Waals surface area contributed by atoms with Crippen LogP contribution in [0, 0.1) is 17.8 Å². The molecule has 7 nitrogen and oxygen atoms in total. The topological polar surface area (TPSA) is 102 Å². The van der Waals surface area contributed by atoms with E-state index >= 15 is 0 Å². The number of likely N-dealkylation sites (tertiary alicyclic amines) is 1. The van der Waals surface area contributed by atoms with Crippen LogP contribution in [-0.2, 0) is 32.1 Å². The summed E-state index contributed by atoms with van der Waals surface area (Å²) in [6.07, 6.45) is 2.69. The van der Waals surface area contributed by atoms with Crippen LogP contribution in [-0.4, -0.2) is 47.9 Å². The summed E-state index contributed by atoms with van der Waals surface area (Å²) in [5.41, 5.74) is 7.95. The maximum atomic E-state index is 14.0. The number of carbonyl (C=O) groups is 3. The van der Waals surface area contributed by atoms with Gasteiger partial charge in [0, 0.05) is 31.3 Å². The van der Waals surface area contributed by atoms with Crippen LogP contribution in [0.2, 0.25) is 0 Å². The highest BCUT2D eigenvalue weighted by atomic mass is 16.5. The second-order valence-electron chi connectivity index (χ2n) is 10.7. The zero-order valence-corrected chi connectivity index (χ0v) is 23.0. The lowest BCUT2D eigenvalue weighted by molar-refractivity contribution is -0.146. The molecule has 1 aliphatic rings. The van der Waals surface area contributed by atoms with Crippen LogP contribution in [0.3, 0.4) is 0 Å². The number of nitrogens with one attached hydrogen (secondary N) is 1. The van der Waals surface area contributed by atoms with Gasteiger partial charge in [0.15, 0.2) is 0 Å². The zero-order chi connectivity index (χ0) is 27.5. The van der Waals surface area contributed by atoms with Crippen molar-refractivity contribution in [3.8, 4) is 0 Å². The van der Waals surface area contributed by atoms with Gasteiger partial charge in [-0.3, -0.25) is 14.4 Å². The molecule has 2 aromatic carbocycles. The molecule has 38 heavy (non-hydrogen) atoms. The number of primary amides is 1. The molecule has 0 spiro atoms. The first kappa shape index (κ1) is 29.4. The molecule has 1 aliphatic heterocycles. The molecule has 3 rings (SSSR count). The minimum absolute atomic E-state index is 0.176. The van der Waals surface area contributed by atoms with Gasteiger partial charge in [-0.25, -0.2) is 0 Å². The number of carbonyl (C=O) groups excluding carboxylic acids is 3. The molecule has 0 aromatic heterocycles. The lowest BCUT2D eigenvalue weighted by Crippen LogP contribution is -2.50. The van der Waals surface area contributed by atoms with E-state index in [0.29, 0.717) is 45.4 Å². The number of rotatable bonds is 14. The SMILES string of the molecule is CCCC(C(N)=O)C(CC(C)C)C(=O)N1C[C@@H](OCc2ccccc2)CC1C(=O)NCCc1ccccc1. The lowest BCUT2D eigenvalue weighted by atomic mass is 9.81. The smallest absolute Gasteiger partial charge is 0.242 e. The molecule has 1 saturated heterocycles. The van der Waals surface area contributed by atoms with E-state index in [0.717, 1.165) is 17.5 Å². The van der Waals surface area contributed by atoms with Crippen molar-refractivity contribution >= 4 is 17.7 Å². The summed E-state index contributed by atoms with van der Waals surface area (Å²) < 4.78 is 6.17. The average molecular weight is 522 g/mol. The minimum atomic E-state index is -0.649. The second kappa shape index (κ2) is 14.7. The zero-order valence-electron chi connectivity index (χ0n) is 23.0. The van der Waals surface area contributed by atoms with Gasteiger partial charge in [0.2, 0.25) is 17.7 Å². The van der Waals surface area contributed by atoms with Crippen LogP contribution in [0.1, 0.15) is 57.6 Å². The fraction of sp³-hybridized carbons (Fsp3) is 0.516. The highest BCUT2D eigenvalue weighted by Gasteiger charge is 2.44. The molecule has 0 radical (unpaired) electrons. The first-order chi connectivity index (χ1) is 18.3. The molecule has 1 fully saturated rings. The van der Waals surface area contributed by atoms with Crippen molar-refractivity contribution in [2.75, 3.05) is 13.1 Å². The molecule has 0 aliphatic carbocycles. The molecule has 206 valence electrons. The molecular weight excluding hydrogens is 478 g/mol. The van der Waals surface area contributed by atoms with Gasteiger partial charge in [-0.15, -0.1) is 0 Å². The Bertz CT molecular complexity index is 1030. The number of hydrogen-bond acceptors (Lipinski definition) is 4. The quantitative estimate of drug-likeness (QED) is 0.391. The molecule has 3 N–H and O–H groups in total. The summed E-state index contributed by atoms with van der Waals surface area (Å²) in [6, 6.07) is 19.2. The largest absolute Gasteiger partial charge is 0.372 e. The lowest BCUT2D eigenvalue weighted by Gasteiger charge is -2.32. The van der Waals surface area contributed by atoms with E-state index in [1.165, 1.54) is 0 Å². The number of benzene rings is 2. The minimum Gasteiger partial charge on any atom is -0.372 e. The third-order valence-corrected chi connectivity index (χ3v) is 7.23. The van der Waals surface area contributed by atoms with Gasteiger partial charge in [-0.05, 0) is 36.3 Å². The van der Waals surface area contributed by atoms with Crippen LogP contribution in [0.15, 0.2) is 60.7 Å². The third-order valence-electron chi connectivity index (χ3n) is 7.23. The molecule has 1 heterocycles. The summed E-state index contributed by atoms with van der Waals surface area (Å²) in [5, 5.41) is 3.03. The van der Waals surface area contributed by atoms with Crippen molar-refractivity contribution in [2.45, 2.75) is 71.6 Å². The van der Waals surface area contributed by atoms with Crippen LogP contribution < -0.4 is 11.1 Å². The van der Waals surface area contributed by atoms with Crippen molar-refractivity contribution in [3.05, 3.63) is 71.8 Å². The number of nitrogens with zero attached hydrogens (tertiary/aromatic N) is 1. The first-order valence-electron chi connectivity index (χ1n) is 13.9. The Kier molecular flexibility index (Phi) is 11.3. The maximum Gasteiger partial charge on any atom is 0.242 e. The Morgan fingerprint density at radius 1 is 1.00 bits per heavy atom. The van der Waals surface area contributed by atoms with Crippen molar-refractivity contribution < 1.29 is 19.1 Å². The Hall–Kier alpha value is -3.19. The third kappa shape index (κ3) is 8.42. The summed E-state index contributed by atoms with van der Waals surface area (Å²) in [4.78, 5) is 41.4. The van der Waals surface area contributed by atoms with Crippen LogP contribution in [0.25, 0.3) is 0 Å². The van der Waals surface area contributed by atoms with E-state index in [1.54, 1.807) is 4.90 Å². The predicted octanol–water partition coefficient (Wildman–Crippen LogP) is 4.10. The highest BCUT2D eigenvalue weighted by Crippen LogP contribution is 2.31. The summed E-state index contributed by atoms with van der Waals surface area (Å²) in [7, 11) is 0. The van der Waals surface area contributed by atoms with Crippen LogP contribution >= 0.6 is 0 Å². The Morgan fingerprint density at radius 2 is 1.63 bits per heavy atom. The molecule has 2 aromatic rings. The van der Waals surface area contributed by atoms with Gasteiger partial charge >= 0.3 is 0 Å². The van der Waals surface area contributed by atoms with Gasteiger partial charge < -0.3 is 20.7 Å². The van der Waals surface area contributed by atoms with E-state index in [9.17, 15) is 14.4 Å². The van der Waals surface area contributed by atoms with E-state index < -0.39 is 23.8 Å². The van der Waals surface area contributed by atoms with Gasteiger partial charge in [0.05, 0.1) is 12.7 Å². The van der Waals surface area contributed by atoms with Crippen LogP contribution in [0.4, 0.5) is 0 Å². The maximum absolute atomic E-state index is 14.0. The van der Waals surface area contributed by atoms with Gasteiger partial charge in [-0.2, -0.15) is 0 Å². The predicted molar refractivity (Wildman–Crippen MR) is 149 cm³/mol. The molecule has 0 bridgehead atoms. The fourth-order valence-electron chi connectivity index (χ4n) is 5.30. The molecular formula is C31H43N3O4. The number of nitrogens with two attached hydrogens (primary N) is 1. The monoisotopic (exact) mass is 521 g/mol. The Labute approximate surface area is 227 Å². The average Bonchev–Trinajstić information content (AvgIpc) is 3.34. The molecule has 3 unspecified atom stereocenters. The van der Waals surface area contributed by atoms with Crippen molar-refractivity contribution in [3.63, 3.8) is 0 Å². The molecule has 7 heteroatoms. The molecule has 4 atom stereocenters. The first-order valence-corrected chi connectivity index (χ1v) is 13.9. The van der Waals surface area contributed by atoms with E-state index in [-0.39, 0.29) is 23.8 Å². The Balaban J connectivity index is 1.76. The van der Waals surface area contributed by atoms with Crippen molar-refractivity contribution in [1.29, 1.82) is 0 Å². The van der Waals surface area contributed by atoms with Crippen molar-refractivity contribution in [2.24, 2.45) is 23.5 Å². The standard InChI is InChI=1S/C31H43N3O4/c1-4-11-26(29(32)35)27(18-22(2)3)31(37)34-20-25(38-21-24-14-9-6-10-15-24)19-28(34)30(36)33-17-16-23-12-7-5-8-13-23/h5-10,12-15,22,25-28H,4,11,16-21H2,1-3H3,(H2,32,35)(H,33,36)/t25-,26?,27?,28?/m0/s1.